The first-order chi connectivity index (χ1) is 6.69. The number of hydrogen-bond acceptors (Lipinski definition) is 2. The van der Waals surface area contributed by atoms with Crippen molar-refractivity contribution in [2.45, 2.75) is 0 Å². The maximum Gasteiger partial charge on any atom is 0.136 e. The highest BCUT2D eigenvalue weighted by Crippen LogP contribution is 2.08. The van der Waals surface area contributed by atoms with Crippen LogP contribution < -0.4 is 10.4 Å². The lowest BCUT2D eigenvalue weighted by molar-refractivity contribution is 1.48. The zero-order valence-corrected chi connectivity index (χ0v) is 9.87. The molecule has 0 amide bonds. The van der Waals surface area contributed by atoms with Crippen molar-refractivity contribution in [1.82, 2.24) is 0 Å². The summed E-state index contributed by atoms with van der Waals surface area (Å²) in [5.41, 5.74) is 0.112. The summed E-state index contributed by atoms with van der Waals surface area (Å²) in [4.78, 5) is 0. The van der Waals surface area contributed by atoms with E-state index in [2.05, 4.69) is 0 Å². The van der Waals surface area contributed by atoms with E-state index in [0.717, 1.165) is 5.22 Å². The average Bonchev–Trinajstić information content (AvgIpc) is 2.20. The summed E-state index contributed by atoms with van der Waals surface area (Å²) in [5, 5.41) is 18.7. The zero-order chi connectivity index (χ0) is 10.6. The molecule has 1 aromatic carbocycles. The minimum atomic E-state index is 0.112. The first-order valence-corrected chi connectivity index (χ1v) is 5.10. The van der Waals surface area contributed by atoms with Crippen LogP contribution in [0.5, 0.6) is 0 Å². The molecule has 1 rings (SSSR count). The molecule has 0 N–H and O–H groups in total. The Balaban J connectivity index is 3.50. The molecular weight excluding hydrogens is 310 g/mol. The van der Waals surface area contributed by atoms with Gasteiger partial charge >= 0.3 is 0 Å². The van der Waals surface area contributed by atoms with Gasteiger partial charge < -0.3 is 0 Å². The second-order valence-corrected chi connectivity index (χ2v) is 4.53. The Morgan fingerprint density at radius 1 is 1.07 bits per heavy atom. The van der Waals surface area contributed by atoms with Crippen LogP contribution in [-0.4, -0.2) is 0 Å². The predicted molar refractivity (Wildman–Crippen MR) is 63.6 cm³/mol. The lowest BCUT2D eigenvalue weighted by Gasteiger charge is -1.88. The molecule has 0 fully saturated rings. The summed E-state index contributed by atoms with van der Waals surface area (Å²) >= 11 is 7.77. The molecule has 2 nitrogen and oxygen atoms in total. The van der Waals surface area contributed by atoms with E-state index in [1.807, 2.05) is 34.7 Å². The van der Waals surface area contributed by atoms with Gasteiger partial charge in [0.15, 0.2) is 0 Å². The Bertz CT molecular complexity index is 505. The van der Waals surface area contributed by atoms with Crippen LogP contribution in [0.3, 0.4) is 0 Å². The van der Waals surface area contributed by atoms with E-state index < -0.39 is 0 Å². The fourth-order valence-electron chi connectivity index (χ4n) is 0.917. The van der Waals surface area contributed by atoms with Gasteiger partial charge in [-0.05, 0) is 27.8 Å². The van der Waals surface area contributed by atoms with Crippen LogP contribution in [0.15, 0.2) is 24.3 Å². The molecule has 0 aromatic heterocycles. The topological polar surface area (TPSA) is 47.6 Å². The van der Waals surface area contributed by atoms with Crippen molar-refractivity contribution in [2.24, 2.45) is 0 Å². The third kappa shape index (κ3) is 2.47. The molecule has 0 saturated carbocycles. The van der Waals surface area contributed by atoms with Crippen molar-refractivity contribution >= 4 is 42.8 Å². The molecule has 0 aliphatic carbocycles. The molecule has 0 atom stereocenters. The normalized spacial score (nSPS) is 8.57. The van der Waals surface area contributed by atoms with E-state index >= 15 is 0 Å². The quantitative estimate of drug-likeness (QED) is 0.683. The highest BCUT2D eigenvalue weighted by atomic mass is 127. The molecule has 0 spiro atoms. The summed E-state index contributed by atoms with van der Waals surface area (Å²) in [6.45, 7) is 0. The first kappa shape index (κ1) is 11.0. The average molecular weight is 315 g/mol. The van der Waals surface area contributed by atoms with Gasteiger partial charge in [-0.2, -0.15) is 10.5 Å². The molecule has 0 unspecified atom stereocenters. The number of benzene rings is 1. The van der Waals surface area contributed by atoms with Crippen LogP contribution >= 0.6 is 34.2 Å². The van der Waals surface area contributed by atoms with Gasteiger partial charge in [0.25, 0.3) is 0 Å². The number of nitrogens with zero attached hydrogens (tertiary/aromatic N) is 2. The largest absolute Gasteiger partial charge is 0.192 e. The van der Waals surface area contributed by atoms with E-state index in [1.165, 1.54) is 0 Å². The monoisotopic (exact) mass is 314 g/mol. The standard InChI is InChI=1S/C10H4ClIN2/c11-10(12)8-3-1-7(2-4-8)9(5-13)6-14/h1-4H. The van der Waals surface area contributed by atoms with E-state index in [4.69, 9.17) is 22.1 Å². The van der Waals surface area contributed by atoms with Crippen molar-refractivity contribution in [2.75, 3.05) is 0 Å². The Morgan fingerprint density at radius 2 is 1.50 bits per heavy atom. The van der Waals surface area contributed by atoms with Crippen LogP contribution in [-0.2, 0) is 0 Å². The number of hydrogen-bond donors (Lipinski definition) is 0. The Kier molecular flexibility index (Phi) is 3.94. The number of halogens is 2. The molecule has 0 saturated heterocycles. The van der Waals surface area contributed by atoms with Crippen molar-refractivity contribution in [1.29, 1.82) is 10.5 Å². The van der Waals surface area contributed by atoms with E-state index in [0.29, 0.717) is 8.26 Å². The molecule has 0 bridgehead atoms. The Labute approximate surface area is 99.9 Å². The van der Waals surface area contributed by atoms with E-state index in [1.54, 1.807) is 24.3 Å². The van der Waals surface area contributed by atoms with Crippen molar-refractivity contribution in [3.05, 3.63) is 34.7 Å². The summed E-state index contributed by atoms with van der Waals surface area (Å²) in [5.74, 6) is 0. The molecule has 4 heteroatoms. The first-order valence-electron chi connectivity index (χ1n) is 3.65. The Hall–Kier alpha value is -1.04. The molecular formula is C10H4ClIN2. The molecule has 0 aliphatic heterocycles. The van der Waals surface area contributed by atoms with Crippen LogP contribution in [0.1, 0.15) is 0 Å². The van der Waals surface area contributed by atoms with Crippen LogP contribution in [0.2, 0.25) is 0 Å². The van der Waals surface area contributed by atoms with Gasteiger partial charge in [0.1, 0.15) is 17.7 Å². The molecule has 68 valence electrons. The van der Waals surface area contributed by atoms with Crippen LogP contribution in [0.25, 0.3) is 8.61 Å². The highest BCUT2D eigenvalue weighted by molar-refractivity contribution is 14.1. The number of nitriles is 2. The molecule has 14 heavy (non-hydrogen) atoms. The van der Waals surface area contributed by atoms with Crippen molar-refractivity contribution in [3.8, 4) is 12.1 Å². The zero-order valence-electron chi connectivity index (χ0n) is 6.96. The predicted octanol–water partition coefficient (Wildman–Crippen LogP) is 1.62. The van der Waals surface area contributed by atoms with Crippen molar-refractivity contribution < 1.29 is 0 Å². The van der Waals surface area contributed by atoms with E-state index in [-0.39, 0.29) is 5.57 Å². The molecule has 0 radical (unpaired) electrons. The fraction of sp³-hybridized carbons (Fsp3) is 0. The SMILES string of the molecule is N#CC(C#N)=c1ccc(=C(Cl)I)cc1. The summed E-state index contributed by atoms with van der Waals surface area (Å²) in [7, 11) is 0. The third-order valence-electron chi connectivity index (χ3n) is 1.62. The van der Waals surface area contributed by atoms with Gasteiger partial charge in [0, 0.05) is 5.22 Å². The van der Waals surface area contributed by atoms with Crippen molar-refractivity contribution in [3.63, 3.8) is 0 Å². The summed E-state index contributed by atoms with van der Waals surface area (Å²) in [6, 6.07) is 10.6. The lowest BCUT2D eigenvalue weighted by atomic mass is 10.2. The maximum atomic E-state index is 8.62. The molecule has 1 aromatic rings. The highest BCUT2D eigenvalue weighted by Gasteiger charge is 1.93. The summed E-state index contributed by atoms with van der Waals surface area (Å²) in [6.07, 6.45) is 0. The molecule has 0 aliphatic rings. The third-order valence-corrected chi connectivity index (χ3v) is 2.46. The summed E-state index contributed by atoms with van der Waals surface area (Å²) < 4.78 is 0.657. The van der Waals surface area contributed by atoms with Crippen LogP contribution in [0, 0.1) is 22.7 Å². The second kappa shape index (κ2) is 4.99. The minimum absolute atomic E-state index is 0.112. The van der Waals surface area contributed by atoms with Gasteiger partial charge in [0.2, 0.25) is 0 Å². The van der Waals surface area contributed by atoms with E-state index in [9.17, 15) is 0 Å². The number of rotatable bonds is 0. The smallest absolute Gasteiger partial charge is 0.136 e. The van der Waals surface area contributed by atoms with Gasteiger partial charge in [-0.1, -0.05) is 35.9 Å². The van der Waals surface area contributed by atoms with Gasteiger partial charge in [-0.3, -0.25) is 0 Å². The lowest BCUT2D eigenvalue weighted by Crippen LogP contribution is -2.09. The van der Waals surface area contributed by atoms with Gasteiger partial charge in [0.05, 0.1) is 3.04 Å². The Morgan fingerprint density at radius 3 is 1.86 bits per heavy atom. The molecule has 0 heterocycles. The minimum Gasteiger partial charge on any atom is -0.192 e. The van der Waals surface area contributed by atoms with Gasteiger partial charge in [-0.15, -0.1) is 0 Å². The second-order valence-electron chi connectivity index (χ2n) is 2.44. The maximum absolute atomic E-state index is 8.62. The van der Waals surface area contributed by atoms with Crippen LogP contribution in [0.4, 0.5) is 0 Å². The fourth-order valence-corrected chi connectivity index (χ4v) is 1.40. The van der Waals surface area contributed by atoms with Gasteiger partial charge in [-0.25, -0.2) is 0 Å².